The summed E-state index contributed by atoms with van der Waals surface area (Å²) in [6.07, 6.45) is -1.80. The second-order valence-corrected chi connectivity index (χ2v) is 3.87. The maximum absolute atomic E-state index is 10.1. The Balaban J connectivity index is 3.83. The normalized spacial score (nSPS) is 11.7. The lowest BCUT2D eigenvalue weighted by atomic mass is 10.1. The van der Waals surface area contributed by atoms with Gasteiger partial charge in [0.05, 0.1) is 12.7 Å². The van der Waals surface area contributed by atoms with Crippen LogP contribution in [-0.2, 0) is 14.5 Å². The van der Waals surface area contributed by atoms with E-state index in [4.69, 9.17) is 0 Å². The first-order valence-electron chi connectivity index (χ1n) is 5.89. The number of aliphatic hydroxyl groups excluding tert-OH is 1. The largest absolute Gasteiger partial charge is 0.393 e. The van der Waals surface area contributed by atoms with Crippen molar-refractivity contribution in [1.82, 2.24) is 0 Å². The minimum Gasteiger partial charge on any atom is -0.393 e. The van der Waals surface area contributed by atoms with Gasteiger partial charge in [-0.05, 0) is 32.1 Å². The van der Waals surface area contributed by atoms with Gasteiger partial charge in [-0.15, -0.1) is 30.3 Å². The van der Waals surface area contributed by atoms with Gasteiger partial charge in [0.2, 0.25) is 0 Å². The Morgan fingerprint density at radius 1 is 0.857 bits per heavy atom. The first kappa shape index (κ1) is 18.6. The van der Waals surface area contributed by atoms with Crippen LogP contribution in [0.4, 0.5) is 0 Å². The van der Waals surface area contributed by atoms with Crippen LogP contribution in [0.2, 0.25) is 0 Å². The smallest absolute Gasteiger partial charge is 0.296 e. The fourth-order valence-corrected chi connectivity index (χ4v) is 1.44. The van der Waals surface area contributed by atoms with Crippen molar-refractivity contribution in [3.63, 3.8) is 0 Å². The molecule has 1 N–H and O–H groups in total. The van der Waals surface area contributed by atoms with Crippen molar-refractivity contribution in [2.45, 2.75) is 44.5 Å². The van der Waals surface area contributed by atoms with Gasteiger partial charge in [-0.1, -0.05) is 0 Å². The van der Waals surface area contributed by atoms with E-state index >= 15 is 0 Å². The second-order valence-electron chi connectivity index (χ2n) is 3.87. The summed E-state index contributed by atoms with van der Waals surface area (Å²) in [5.41, 5.74) is 0. The van der Waals surface area contributed by atoms with Crippen LogP contribution in [0.5, 0.6) is 0 Å². The van der Waals surface area contributed by atoms with Crippen LogP contribution in [0.25, 0.3) is 0 Å². The van der Waals surface area contributed by atoms with Crippen molar-refractivity contribution in [3.05, 3.63) is 30.3 Å². The molecule has 0 radical (unpaired) electrons. The maximum Gasteiger partial charge on any atom is 0.296 e. The zero-order valence-electron chi connectivity index (χ0n) is 10.9. The van der Waals surface area contributed by atoms with Gasteiger partial charge in [0, 0.05) is 0 Å². The molecule has 1 atom stereocenters. The fourth-order valence-electron chi connectivity index (χ4n) is 1.44. The first-order chi connectivity index (χ1) is 9.81. The molecule has 13 nitrogen and oxygen atoms in total. The Morgan fingerprint density at radius 3 is 1.86 bits per heavy atom. The molecule has 0 saturated carbocycles. The molecule has 0 bridgehead atoms. The molecule has 21 heavy (non-hydrogen) atoms. The molecule has 0 aromatic heterocycles. The van der Waals surface area contributed by atoms with Crippen molar-refractivity contribution in [2.24, 2.45) is 0 Å². The number of rotatable bonds is 13. The zero-order valence-corrected chi connectivity index (χ0v) is 10.9. The van der Waals surface area contributed by atoms with Gasteiger partial charge in [-0.2, -0.15) is 0 Å². The van der Waals surface area contributed by atoms with E-state index in [-0.39, 0.29) is 38.7 Å². The summed E-state index contributed by atoms with van der Waals surface area (Å²) in [6.45, 7) is -0.151. The SMILES string of the molecule is O=[N+]([O-])OCCCC(O)CCCC(O[N+](=O)[O-])O[N+](=O)[O-]. The van der Waals surface area contributed by atoms with Crippen molar-refractivity contribution in [2.75, 3.05) is 6.61 Å². The Kier molecular flexibility index (Phi) is 9.16. The van der Waals surface area contributed by atoms with Crippen LogP contribution in [-0.4, -0.2) is 39.4 Å². The van der Waals surface area contributed by atoms with Gasteiger partial charge in [-0.3, -0.25) is 9.68 Å². The van der Waals surface area contributed by atoms with E-state index in [0.717, 1.165) is 0 Å². The van der Waals surface area contributed by atoms with Crippen molar-refractivity contribution in [1.29, 1.82) is 0 Å². The van der Waals surface area contributed by atoms with E-state index in [9.17, 15) is 35.4 Å². The third-order valence-electron chi connectivity index (χ3n) is 2.26. The van der Waals surface area contributed by atoms with Crippen LogP contribution in [0.15, 0.2) is 0 Å². The molecule has 13 heteroatoms. The van der Waals surface area contributed by atoms with E-state index in [1.807, 2.05) is 0 Å². The summed E-state index contributed by atoms with van der Waals surface area (Å²) in [6, 6.07) is 0. The molecule has 0 aliphatic rings. The van der Waals surface area contributed by atoms with E-state index in [0.29, 0.717) is 0 Å². The highest BCUT2D eigenvalue weighted by Crippen LogP contribution is 2.11. The number of nitrogens with zero attached hydrogens (tertiary/aromatic N) is 3. The number of hydrogen-bond donors (Lipinski definition) is 1. The predicted molar refractivity (Wildman–Crippen MR) is 62.0 cm³/mol. The average molecular weight is 313 g/mol. The molecule has 0 aliphatic carbocycles. The van der Waals surface area contributed by atoms with Crippen LogP contribution in [0.3, 0.4) is 0 Å². The molecular formula is C8H15N3O10. The van der Waals surface area contributed by atoms with E-state index in [1.54, 1.807) is 0 Å². The number of hydrogen-bond acceptors (Lipinski definition) is 10. The summed E-state index contributed by atoms with van der Waals surface area (Å²) in [4.78, 5) is 42.0. The topological polar surface area (TPSA) is 177 Å². The molecule has 122 valence electrons. The molecule has 0 rings (SSSR count). The van der Waals surface area contributed by atoms with Crippen LogP contribution in [0.1, 0.15) is 32.1 Å². The summed E-state index contributed by atoms with van der Waals surface area (Å²) < 4.78 is 0. The molecule has 0 aliphatic heterocycles. The highest BCUT2D eigenvalue weighted by atomic mass is 17.0. The van der Waals surface area contributed by atoms with Gasteiger partial charge >= 0.3 is 0 Å². The lowest BCUT2D eigenvalue weighted by molar-refractivity contribution is -0.851. The summed E-state index contributed by atoms with van der Waals surface area (Å²) in [5, 5.41) is 36.2. The monoisotopic (exact) mass is 313 g/mol. The lowest BCUT2D eigenvalue weighted by Gasteiger charge is -2.14. The van der Waals surface area contributed by atoms with E-state index < -0.39 is 27.7 Å². The molecule has 0 fully saturated rings. The Morgan fingerprint density at radius 2 is 1.38 bits per heavy atom. The summed E-state index contributed by atoms with van der Waals surface area (Å²) in [5.74, 6) is 0. The molecule has 0 saturated heterocycles. The summed E-state index contributed by atoms with van der Waals surface area (Å²) >= 11 is 0. The van der Waals surface area contributed by atoms with Gasteiger partial charge in [-0.25, -0.2) is 0 Å². The second kappa shape index (κ2) is 10.4. The van der Waals surface area contributed by atoms with Crippen LogP contribution in [0, 0.1) is 30.3 Å². The third-order valence-corrected chi connectivity index (χ3v) is 2.26. The van der Waals surface area contributed by atoms with Crippen molar-refractivity contribution < 1.29 is 34.9 Å². The van der Waals surface area contributed by atoms with Crippen LogP contribution < -0.4 is 0 Å². The van der Waals surface area contributed by atoms with Crippen molar-refractivity contribution in [3.8, 4) is 0 Å². The van der Waals surface area contributed by atoms with Gasteiger partial charge < -0.3 is 9.94 Å². The van der Waals surface area contributed by atoms with Gasteiger partial charge in [0.1, 0.15) is 0 Å². The highest BCUT2D eigenvalue weighted by Gasteiger charge is 2.18. The van der Waals surface area contributed by atoms with Gasteiger partial charge in [0.25, 0.3) is 21.5 Å². The maximum atomic E-state index is 10.1. The quantitative estimate of drug-likeness (QED) is 0.214. The average Bonchev–Trinajstić information content (AvgIpc) is 2.32. The van der Waals surface area contributed by atoms with E-state index in [2.05, 4.69) is 14.5 Å². The zero-order chi connectivity index (χ0) is 16.3. The highest BCUT2D eigenvalue weighted by molar-refractivity contribution is 4.56. The van der Waals surface area contributed by atoms with Gasteiger partial charge in [0.15, 0.2) is 0 Å². The Hall–Kier alpha value is -2.44. The first-order valence-corrected chi connectivity index (χ1v) is 5.89. The van der Waals surface area contributed by atoms with Crippen molar-refractivity contribution >= 4 is 0 Å². The molecular weight excluding hydrogens is 298 g/mol. The van der Waals surface area contributed by atoms with Crippen LogP contribution >= 0.6 is 0 Å². The Bertz CT molecular complexity index is 335. The molecule has 0 aromatic rings. The molecule has 0 heterocycles. The number of aliphatic hydroxyl groups is 1. The molecule has 0 aromatic carbocycles. The fraction of sp³-hybridized carbons (Fsp3) is 1.00. The summed E-state index contributed by atoms with van der Waals surface area (Å²) in [7, 11) is 0. The minimum absolute atomic E-state index is 0.151. The standard InChI is InChI=1S/C8H15N3O10/c12-7(4-2-6-19-9(13)14)3-1-5-8(20-10(15)16)21-11(17)18/h7-8,12H,1-6H2. The predicted octanol–water partition coefficient (Wildman–Crippen LogP) is 0.249. The third kappa shape index (κ3) is 12.3. The molecule has 1 unspecified atom stereocenters. The lowest BCUT2D eigenvalue weighted by Crippen LogP contribution is -2.24. The van der Waals surface area contributed by atoms with E-state index in [1.165, 1.54) is 0 Å². The molecule has 0 spiro atoms. The Labute approximate surface area is 117 Å². The minimum atomic E-state index is -1.65. The molecule has 0 amide bonds.